The summed E-state index contributed by atoms with van der Waals surface area (Å²) < 4.78 is 0. The van der Waals surface area contributed by atoms with Crippen LogP contribution in [0.5, 0.6) is 0 Å². The molecule has 2 N–H and O–H groups in total. The lowest BCUT2D eigenvalue weighted by Crippen LogP contribution is -2.32. The highest BCUT2D eigenvalue weighted by Gasteiger charge is 2.07. The van der Waals surface area contributed by atoms with Gasteiger partial charge in [-0.25, -0.2) is 0 Å². The molecule has 2 rings (SSSR count). The molecule has 5 nitrogen and oxygen atoms in total. The standard InChI is InChI=1S/C20H24ClN3O2/c1-24(2)18-11-9-17(10-12-18)23-20(26)14-22-19(25)8-4-6-15-5-3-7-16(21)13-15/h3,5,7,9-13H,4,6,8,14H2,1-2H3,(H,22,25)(H,23,26). The molecule has 26 heavy (non-hydrogen) atoms. The SMILES string of the molecule is CN(C)c1ccc(NC(=O)CNC(=O)CCCc2cccc(Cl)c2)cc1. The third-order valence-electron chi connectivity index (χ3n) is 3.87. The molecule has 0 saturated heterocycles. The van der Waals surface area contributed by atoms with E-state index in [-0.39, 0.29) is 18.4 Å². The molecule has 0 aromatic heterocycles. The van der Waals surface area contributed by atoms with Gasteiger partial charge in [-0.15, -0.1) is 0 Å². The van der Waals surface area contributed by atoms with Crippen LogP contribution in [-0.4, -0.2) is 32.5 Å². The second kappa shape index (κ2) is 9.82. The van der Waals surface area contributed by atoms with E-state index in [9.17, 15) is 9.59 Å². The molecule has 0 aliphatic rings. The van der Waals surface area contributed by atoms with Gasteiger partial charge in [0.05, 0.1) is 6.54 Å². The number of rotatable bonds is 8. The van der Waals surface area contributed by atoms with Crippen LogP contribution >= 0.6 is 11.6 Å². The van der Waals surface area contributed by atoms with Crippen LogP contribution in [-0.2, 0) is 16.0 Å². The molecule has 0 bridgehead atoms. The maximum atomic E-state index is 11.9. The summed E-state index contributed by atoms with van der Waals surface area (Å²) in [6.07, 6.45) is 1.86. The Morgan fingerprint density at radius 3 is 2.42 bits per heavy atom. The molecule has 2 aromatic carbocycles. The molecule has 0 radical (unpaired) electrons. The minimum atomic E-state index is -0.245. The Morgan fingerprint density at radius 2 is 1.77 bits per heavy atom. The number of amides is 2. The summed E-state index contributed by atoms with van der Waals surface area (Å²) in [5, 5.41) is 6.11. The van der Waals surface area contributed by atoms with E-state index in [1.807, 2.05) is 67.5 Å². The summed E-state index contributed by atoms with van der Waals surface area (Å²) in [4.78, 5) is 25.8. The van der Waals surface area contributed by atoms with Crippen molar-refractivity contribution < 1.29 is 9.59 Å². The van der Waals surface area contributed by atoms with Crippen molar-refractivity contribution in [3.63, 3.8) is 0 Å². The van der Waals surface area contributed by atoms with Gasteiger partial charge in [-0.1, -0.05) is 23.7 Å². The van der Waals surface area contributed by atoms with Crippen molar-refractivity contribution >= 4 is 34.8 Å². The van der Waals surface area contributed by atoms with E-state index >= 15 is 0 Å². The highest BCUT2D eigenvalue weighted by atomic mass is 35.5. The van der Waals surface area contributed by atoms with Crippen LogP contribution in [0.3, 0.4) is 0 Å². The smallest absolute Gasteiger partial charge is 0.243 e. The Bertz CT molecular complexity index is 745. The van der Waals surface area contributed by atoms with E-state index in [0.29, 0.717) is 23.6 Å². The number of hydrogen-bond donors (Lipinski definition) is 2. The number of carbonyl (C=O) groups excluding carboxylic acids is 2. The third-order valence-corrected chi connectivity index (χ3v) is 4.11. The predicted octanol–water partition coefficient (Wildman–Crippen LogP) is 3.48. The van der Waals surface area contributed by atoms with Gasteiger partial charge in [0.15, 0.2) is 0 Å². The van der Waals surface area contributed by atoms with Gasteiger partial charge in [-0.2, -0.15) is 0 Å². The lowest BCUT2D eigenvalue weighted by atomic mass is 10.1. The zero-order chi connectivity index (χ0) is 18.9. The van der Waals surface area contributed by atoms with Gasteiger partial charge in [0.2, 0.25) is 11.8 Å². The molecule has 2 amide bonds. The molecule has 0 fully saturated rings. The molecule has 138 valence electrons. The fourth-order valence-electron chi connectivity index (χ4n) is 2.46. The minimum absolute atomic E-state index is 0.0363. The summed E-state index contributed by atoms with van der Waals surface area (Å²) in [6.45, 7) is -0.0363. The zero-order valence-electron chi connectivity index (χ0n) is 15.1. The van der Waals surface area contributed by atoms with Crippen LogP contribution < -0.4 is 15.5 Å². The van der Waals surface area contributed by atoms with Crippen LogP contribution in [0.15, 0.2) is 48.5 Å². The molecule has 0 heterocycles. The predicted molar refractivity (Wildman–Crippen MR) is 107 cm³/mol. The molecule has 0 aliphatic carbocycles. The van der Waals surface area contributed by atoms with Crippen molar-refractivity contribution in [2.24, 2.45) is 0 Å². The first-order chi connectivity index (χ1) is 12.4. The number of nitrogens with one attached hydrogen (secondary N) is 2. The first kappa shape index (κ1) is 19.8. The fourth-order valence-corrected chi connectivity index (χ4v) is 2.67. The Kier molecular flexibility index (Phi) is 7.48. The topological polar surface area (TPSA) is 61.4 Å². The van der Waals surface area contributed by atoms with Crippen molar-refractivity contribution in [3.05, 3.63) is 59.1 Å². The van der Waals surface area contributed by atoms with Crippen molar-refractivity contribution in [2.45, 2.75) is 19.3 Å². The molecule has 0 saturated carbocycles. The van der Waals surface area contributed by atoms with Crippen molar-refractivity contribution in [1.29, 1.82) is 0 Å². The lowest BCUT2D eigenvalue weighted by molar-refractivity contribution is -0.124. The number of carbonyl (C=O) groups is 2. The molecule has 0 atom stereocenters. The Labute approximate surface area is 159 Å². The molecule has 0 aliphatic heterocycles. The normalized spacial score (nSPS) is 10.3. The number of aryl methyl sites for hydroxylation is 1. The number of hydrogen-bond acceptors (Lipinski definition) is 3. The maximum Gasteiger partial charge on any atom is 0.243 e. The van der Waals surface area contributed by atoms with E-state index in [1.54, 1.807) is 0 Å². The quantitative estimate of drug-likeness (QED) is 0.744. The van der Waals surface area contributed by atoms with Gasteiger partial charge >= 0.3 is 0 Å². The van der Waals surface area contributed by atoms with Crippen LogP contribution in [0.4, 0.5) is 11.4 Å². The second-order valence-electron chi connectivity index (χ2n) is 6.25. The van der Waals surface area contributed by atoms with E-state index < -0.39 is 0 Å². The Morgan fingerprint density at radius 1 is 1.04 bits per heavy atom. The highest BCUT2D eigenvalue weighted by Crippen LogP contribution is 2.15. The number of anilines is 2. The Hall–Kier alpha value is -2.53. The summed E-state index contributed by atoms with van der Waals surface area (Å²) in [5.74, 6) is -0.379. The van der Waals surface area contributed by atoms with E-state index in [2.05, 4.69) is 10.6 Å². The average molecular weight is 374 g/mol. The van der Waals surface area contributed by atoms with Gasteiger partial charge in [0.25, 0.3) is 0 Å². The van der Waals surface area contributed by atoms with Crippen LogP contribution in [0.1, 0.15) is 18.4 Å². The largest absolute Gasteiger partial charge is 0.378 e. The number of benzene rings is 2. The molecular formula is C20H24ClN3O2. The van der Waals surface area contributed by atoms with Crippen LogP contribution in [0.2, 0.25) is 5.02 Å². The lowest BCUT2D eigenvalue weighted by Gasteiger charge is -2.13. The maximum absolute atomic E-state index is 11.9. The summed E-state index contributed by atoms with van der Waals surface area (Å²) in [7, 11) is 3.91. The fraction of sp³-hybridized carbons (Fsp3) is 0.300. The van der Waals surface area contributed by atoms with E-state index in [1.165, 1.54) is 0 Å². The molecule has 0 unspecified atom stereocenters. The molecule has 6 heteroatoms. The van der Waals surface area contributed by atoms with Crippen molar-refractivity contribution in [2.75, 3.05) is 30.9 Å². The monoisotopic (exact) mass is 373 g/mol. The number of halogens is 1. The zero-order valence-corrected chi connectivity index (χ0v) is 15.8. The van der Waals surface area contributed by atoms with Crippen molar-refractivity contribution in [3.8, 4) is 0 Å². The second-order valence-corrected chi connectivity index (χ2v) is 6.69. The molecule has 0 spiro atoms. The van der Waals surface area contributed by atoms with E-state index in [0.717, 1.165) is 17.7 Å². The van der Waals surface area contributed by atoms with Crippen molar-refractivity contribution in [1.82, 2.24) is 5.32 Å². The minimum Gasteiger partial charge on any atom is -0.378 e. The van der Waals surface area contributed by atoms with Crippen LogP contribution in [0.25, 0.3) is 0 Å². The number of nitrogens with zero attached hydrogens (tertiary/aromatic N) is 1. The van der Waals surface area contributed by atoms with Gasteiger partial charge < -0.3 is 15.5 Å². The van der Waals surface area contributed by atoms with E-state index in [4.69, 9.17) is 11.6 Å². The Balaban J connectivity index is 1.67. The molecule has 2 aromatic rings. The summed E-state index contributed by atoms with van der Waals surface area (Å²) >= 11 is 5.94. The van der Waals surface area contributed by atoms with Gasteiger partial charge in [0.1, 0.15) is 0 Å². The van der Waals surface area contributed by atoms with Gasteiger partial charge in [0, 0.05) is 36.9 Å². The van der Waals surface area contributed by atoms with Gasteiger partial charge in [-0.3, -0.25) is 9.59 Å². The average Bonchev–Trinajstić information content (AvgIpc) is 2.60. The highest BCUT2D eigenvalue weighted by molar-refractivity contribution is 6.30. The summed E-state index contributed by atoms with van der Waals surface area (Å²) in [5.41, 5.74) is 2.86. The first-order valence-electron chi connectivity index (χ1n) is 8.52. The van der Waals surface area contributed by atoms with Gasteiger partial charge in [-0.05, 0) is 54.8 Å². The first-order valence-corrected chi connectivity index (χ1v) is 8.90. The molecular weight excluding hydrogens is 350 g/mol. The van der Waals surface area contributed by atoms with Crippen LogP contribution in [0, 0.1) is 0 Å². The summed E-state index contributed by atoms with van der Waals surface area (Å²) in [6, 6.07) is 15.1. The third kappa shape index (κ3) is 6.76.